The smallest absolute Gasteiger partial charge is 0.226 e. The van der Waals surface area contributed by atoms with Crippen LogP contribution in [0.5, 0.6) is 0 Å². The number of hydrogen-bond donors (Lipinski definition) is 1. The van der Waals surface area contributed by atoms with Crippen molar-refractivity contribution in [1.29, 1.82) is 0 Å². The molecule has 110 valence electrons. The standard InChI is InChI=1S/C16H22N2O.ClH/c1-2-12-18(13-14-6-4-3-5-7-14)16(19)15-8-10-17-11-9-15;/h2-7,15,17H,1,8-13H2;1H. The van der Waals surface area contributed by atoms with Crippen molar-refractivity contribution >= 4 is 18.3 Å². The van der Waals surface area contributed by atoms with E-state index in [0.717, 1.165) is 25.9 Å². The van der Waals surface area contributed by atoms with Crippen molar-refractivity contribution in [2.24, 2.45) is 5.92 Å². The molecule has 0 spiro atoms. The fourth-order valence-electron chi connectivity index (χ4n) is 2.52. The van der Waals surface area contributed by atoms with E-state index >= 15 is 0 Å². The number of carbonyl (C=O) groups is 1. The van der Waals surface area contributed by atoms with Gasteiger partial charge in [0.05, 0.1) is 0 Å². The van der Waals surface area contributed by atoms with E-state index in [1.54, 1.807) is 0 Å². The highest BCUT2D eigenvalue weighted by Crippen LogP contribution is 2.17. The second-order valence-electron chi connectivity index (χ2n) is 5.02. The molecule has 0 radical (unpaired) electrons. The van der Waals surface area contributed by atoms with Gasteiger partial charge in [-0.05, 0) is 31.5 Å². The Hall–Kier alpha value is -1.32. The summed E-state index contributed by atoms with van der Waals surface area (Å²) in [7, 11) is 0. The largest absolute Gasteiger partial charge is 0.334 e. The van der Waals surface area contributed by atoms with E-state index in [9.17, 15) is 4.79 Å². The summed E-state index contributed by atoms with van der Waals surface area (Å²) in [6.45, 7) is 6.96. The first-order valence-corrected chi connectivity index (χ1v) is 6.95. The number of halogens is 1. The molecule has 1 saturated heterocycles. The Balaban J connectivity index is 0.00000200. The van der Waals surface area contributed by atoms with Crippen LogP contribution in [0, 0.1) is 5.92 Å². The molecule has 0 aliphatic carbocycles. The molecular formula is C16H23ClN2O. The van der Waals surface area contributed by atoms with Crippen LogP contribution in [0.25, 0.3) is 0 Å². The summed E-state index contributed by atoms with van der Waals surface area (Å²) < 4.78 is 0. The number of amides is 1. The summed E-state index contributed by atoms with van der Waals surface area (Å²) in [5.74, 6) is 0.440. The third-order valence-electron chi connectivity index (χ3n) is 3.57. The van der Waals surface area contributed by atoms with Crippen molar-refractivity contribution in [3.8, 4) is 0 Å². The Morgan fingerprint density at radius 2 is 1.95 bits per heavy atom. The molecule has 1 heterocycles. The molecular weight excluding hydrogens is 272 g/mol. The van der Waals surface area contributed by atoms with Crippen molar-refractivity contribution in [2.75, 3.05) is 19.6 Å². The predicted molar refractivity (Wildman–Crippen MR) is 84.9 cm³/mol. The van der Waals surface area contributed by atoms with E-state index in [4.69, 9.17) is 0 Å². The van der Waals surface area contributed by atoms with Crippen molar-refractivity contribution < 1.29 is 4.79 Å². The zero-order valence-electron chi connectivity index (χ0n) is 11.8. The Bertz CT molecular complexity index is 416. The summed E-state index contributed by atoms with van der Waals surface area (Å²) in [6, 6.07) is 10.1. The molecule has 1 aromatic carbocycles. The summed E-state index contributed by atoms with van der Waals surface area (Å²) in [4.78, 5) is 14.5. The van der Waals surface area contributed by atoms with E-state index in [0.29, 0.717) is 13.1 Å². The van der Waals surface area contributed by atoms with Crippen molar-refractivity contribution in [3.05, 3.63) is 48.6 Å². The van der Waals surface area contributed by atoms with Gasteiger partial charge in [0.1, 0.15) is 0 Å². The number of nitrogens with one attached hydrogen (secondary N) is 1. The summed E-state index contributed by atoms with van der Waals surface area (Å²) in [6.07, 6.45) is 3.70. The van der Waals surface area contributed by atoms with E-state index in [1.165, 1.54) is 5.56 Å². The monoisotopic (exact) mass is 294 g/mol. The SMILES string of the molecule is C=CCN(Cc1ccccc1)C(=O)C1CCNCC1.Cl. The zero-order valence-corrected chi connectivity index (χ0v) is 12.6. The predicted octanol–water partition coefficient (Wildman–Crippen LogP) is 2.62. The van der Waals surface area contributed by atoms with Gasteiger partial charge in [0.15, 0.2) is 0 Å². The van der Waals surface area contributed by atoms with Crippen molar-refractivity contribution in [3.63, 3.8) is 0 Å². The average molecular weight is 295 g/mol. The van der Waals surface area contributed by atoms with E-state index in [1.807, 2.05) is 29.2 Å². The number of benzene rings is 1. The highest BCUT2D eigenvalue weighted by atomic mass is 35.5. The van der Waals surface area contributed by atoms with Crippen molar-refractivity contribution in [1.82, 2.24) is 10.2 Å². The molecule has 1 aliphatic rings. The molecule has 20 heavy (non-hydrogen) atoms. The summed E-state index contributed by atoms with van der Waals surface area (Å²) in [5.41, 5.74) is 1.17. The van der Waals surface area contributed by atoms with Gasteiger partial charge in [0.2, 0.25) is 5.91 Å². The zero-order chi connectivity index (χ0) is 13.5. The molecule has 1 fully saturated rings. The van der Waals surface area contributed by atoms with E-state index in [-0.39, 0.29) is 24.2 Å². The Morgan fingerprint density at radius 3 is 2.55 bits per heavy atom. The lowest BCUT2D eigenvalue weighted by Crippen LogP contribution is -2.40. The van der Waals surface area contributed by atoms with Gasteiger partial charge in [0, 0.05) is 19.0 Å². The Labute approximate surface area is 127 Å². The van der Waals surface area contributed by atoms with Crippen LogP contribution in [0.3, 0.4) is 0 Å². The van der Waals surface area contributed by atoms with Crippen LogP contribution in [0.2, 0.25) is 0 Å². The van der Waals surface area contributed by atoms with Crippen LogP contribution in [-0.2, 0) is 11.3 Å². The van der Waals surface area contributed by atoms with Gasteiger partial charge < -0.3 is 10.2 Å². The molecule has 1 amide bonds. The van der Waals surface area contributed by atoms with Gasteiger partial charge in [-0.25, -0.2) is 0 Å². The van der Waals surface area contributed by atoms with Crippen LogP contribution in [0.1, 0.15) is 18.4 Å². The highest BCUT2D eigenvalue weighted by molar-refractivity contribution is 5.85. The van der Waals surface area contributed by atoms with Gasteiger partial charge in [0.25, 0.3) is 0 Å². The first-order valence-electron chi connectivity index (χ1n) is 6.95. The minimum absolute atomic E-state index is 0. The van der Waals surface area contributed by atoms with Crippen LogP contribution in [0.4, 0.5) is 0 Å². The lowest BCUT2D eigenvalue weighted by molar-refractivity contribution is -0.136. The quantitative estimate of drug-likeness (QED) is 0.847. The molecule has 3 nitrogen and oxygen atoms in total. The lowest BCUT2D eigenvalue weighted by atomic mass is 9.96. The van der Waals surface area contributed by atoms with Crippen LogP contribution >= 0.6 is 12.4 Å². The van der Waals surface area contributed by atoms with Crippen molar-refractivity contribution in [2.45, 2.75) is 19.4 Å². The molecule has 0 bridgehead atoms. The van der Waals surface area contributed by atoms with Gasteiger partial charge in [-0.15, -0.1) is 19.0 Å². The second kappa shape index (κ2) is 8.77. The fourth-order valence-corrected chi connectivity index (χ4v) is 2.52. The average Bonchev–Trinajstić information content (AvgIpc) is 2.48. The van der Waals surface area contributed by atoms with E-state index < -0.39 is 0 Å². The molecule has 0 saturated carbocycles. The molecule has 2 rings (SSSR count). The number of piperidine rings is 1. The normalized spacial score (nSPS) is 15.2. The van der Waals surface area contributed by atoms with Crippen LogP contribution < -0.4 is 5.32 Å². The minimum atomic E-state index is 0. The third kappa shape index (κ3) is 4.66. The van der Waals surface area contributed by atoms with Gasteiger partial charge in [-0.3, -0.25) is 4.79 Å². The Kier molecular flexibility index (Phi) is 7.34. The molecule has 1 aromatic rings. The number of rotatable bonds is 5. The first kappa shape index (κ1) is 16.7. The maximum atomic E-state index is 12.5. The maximum absolute atomic E-state index is 12.5. The summed E-state index contributed by atoms with van der Waals surface area (Å²) >= 11 is 0. The molecule has 1 N–H and O–H groups in total. The molecule has 0 aromatic heterocycles. The van der Waals surface area contributed by atoms with Crippen LogP contribution in [-0.4, -0.2) is 30.4 Å². The lowest BCUT2D eigenvalue weighted by Gasteiger charge is -2.29. The molecule has 0 atom stereocenters. The van der Waals surface area contributed by atoms with Crippen LogP contribution in [0.15, 0.2) is 43.0 Å². The third-order valence-corrected chi connectivity index (χ3v) is 3.57. The van der Waals surface area contributed by atoms with Gasteiger partial charge in [-0.1, -0.05) is 36.4 Å². The number of carbonyl (C=O) groups excluding carboxylic acids is 1. The molecule has 4 heteroatoms. The molecule has 0 unspecified atom stereocenters. The maximum Gasteiger partial charge on any atom is 0.226 e. The Morgan fingerprint density at radius 1 is 1.30 bits per heavy atom. The minimum Gasteiger partial charge on any atom is -0.334 e. The number of hydrogen-bond acceptors (Lipinski definition) is 2. The topological polar surface area (TPSA) is 32.3 Å². The fraction of sp³-hybridized carbons (Fsp3) is 0.438. The summed E-state index contributed by atoms with van der Waals surface area (Å²) in [5, 5.41) is 3.30. The number of nitrogens with zero attached hydrogens (tertiary/aromatic N) is 1. The first-order chi connectivity index (χ1) is 9.31. The second-order valence-corrected chi connectivity index (χ2v) is 5.02. The highest BCUT2D eigenvalue weighted by Gasteiger charge is 2.25. The van der Waals surface area contributed by atoms with Gasteiger partial charge in [-0.2, -0.15) is 0 Å². The van der Waals surface area contributed by atoms with E-state index in [2.05, 4.69) is 24.0 Å². The molecule has 1 aliphatic heterocycles. The van der Waals surface area contributed by atoms with Gasteiger partial charge >= 0.3 is 0 Å².